The third-order valence-corrected chi connectivity index (χ3v) is 5.76. The first kappa shape index (κ1) is 18.3. The molecule has 1 aliphatic rings. The van der Waals surface area contributed by atoms with Gasteiger partial charge in [-0.05, 0) is 31.9 Å². The summed E-state index contributed by atoms with van der Waals surface area (Å²) < 4.78 is 27.0. The van der Waals surface area contributed by atoms with Crippen LogP contribution in [0.1, 0.15) is 48.0 Å². The number of hydrogen-bond donors (Lipinski definition) is 2. The van der Waals surface area contributed by atoms with Crippen molar-refractivity contribution < 1.29 is 13.2 Å². The zero-order chi connectivity index (χ0) is 18.6. The minimum atomic E-state index is -3.76. The number of benzene rings is 1. The molecule has 0 radical (unpaired) electrons. The lowest BCUT2D eigenvalue weighted by molar-refractivity contribution is 0.0927. The summed E-state index contributed by atoms with van der Waals surface area (Å²) in [4.78, 5) is 20.3. The first-order chi connectivity index (χ1) is 12.4. The van der Waals surface area contributed by atoms with Crippen LogP contribution in [0, 0.1) is 6.92 Å². The molecule has 0 spiro atoms. The highest BCUT2D eigenvalue weighted by molar-refractivity contribution is 7.92. The lowest BCUT2D eigenvalue weighted by atomic mass is 9.95. The molecule has 138 valence electrons. The Balaban J connectivity index is 1.65. The van der Waals surface area contributed by atoms with E-state index in [0.717, 1.165) is 31.2 Å². The van der Waals surface area contributed by atoms with Crippen molar-refractivity contribution in [2.24, 2.45) is 0 Å². The van der Waals surface area contributed by atoms with E-state index in [-0.39, 0.29) is 22.8 Å². The van der Waals surface area contributed by atoms with Gasteiger partial charge in [-0.2, -0.15) is 0 Å². The third-order valence-electron chi connectivity index (χ3n) is 4.41. The molecule has 1 aromatic carbocycles. The number of carbonyl (C=O) groups is 1. The van der Waals surface area contributed by atoms with Crippen LogP contribution in [0.4, 0.5) is 5.95 Å². The van der Waals surface area contributed by atoms with Gasteiger partial charge in [-0.1, -0.05) is 37.0 Å². The highest BCUT2D eigenvalue weighted by atomic mass is 32.2. The minimum absolute atomic E-state index is 0.0696. The average molecular weight is 374 g/mol. The maximum atomic E-state index is 12.3. The van der Waals surface area contributed by atoms with E-state index < -0.39 is 10.0 Å². The number of carbonyl (C=O) groups excluding carboxylic acids is 1. The van der Waals surface area contributed by atoms with Crippen molar-refractivity contribution in [1.29, 1.82) is 0 Å². The van der Waals surface area contributed by atoms with Crippen molar-refractivity contribution in [3.8, 4) is 0 Å². The monoisotopic (exact) mass is 374 g/mol. The fourth-order valence-corrected chi connectivity index (χ4v) is 3.87. The number of rotatable bonds is 5. The zero-order valence-electron chi connectivity index (χ0n) is 14.6. The number of aryl methyl sites for hydroxylation is 1. The van der Waals surface area contributed by atoms with Crippen LogP contribution in [0.15, 0.2) is 41.6 Å². The largest absolute Gasteiger partial charge is 0.349 e. The van der Waals surface area contributed by atoms with Crippen LogP contribution in [0.5, 0.6) is 0 Å². The fraction of sp³-hybridized carbons (Fsp3) is 0.389. The van der Waals surface area contributed by atoms with Crippen LogP contribution < -0.4 is 10.0 Å². The van der Waals surface area contributed by atoms with E-state index in [0.29, 0.717) is 5.56 Å². The Kier molecular flexibility index (Phi) is 5.51. The second-order valence-electron chi connectivity index (χ2n) is 6.52. The Morgan fingerprint density at radius 1 is 1.04 bits per heavy atom. The molecule has 3 rings (SSSR count). The van der Waals surface area contributed by atoms with Gasteiger partial charge in [-0.3, -0.25) is 4.79 Å². The number of sulfonamides is 1. The summed E-state index contributed by atoms with van der Waals surface area (Å²) in [6, 6.07) is 6.66. The molecule has 1 saturated carbocycles. The summed E-state index contributed by atoms with van der Waals surface area (Å²) in [7, 11) is -3.76. The van der Waals surface area contributed by atoms with E-state index in [9.17, 15) is 13.2 Å². The zero-order valence-corrected chi connectivity index (χ0v) is 15.4. The molecule has 2 aromatic rings. The fourth-order valence-electron chi connectivity index (χ4n) is 2.91. The molecule has 1 aromatic heterocycles. The van der Waals surface area contributed by atoms with Crippen molar-refractivity contribution in [2.45, 2.75) is 50.0 Å². The standard InChI is InChI=1S/C18H22N4O3S/c1-13-7-9-16(10-8-13)26(24,25)22-18-19-11-14(12-20-18)17(23)21-15-5-3-2-4-6-15/h7-12,15H,2-6H2,1H3,(H,21,23)(H,19,20,22). The Labute approximate surface area is 153 Å². The lowest BCUT2D eigenvalue weighted by Gasteiger charge is -2.22. The molecule has 1 amide bonds. The van der Waals surface area contributed by atoms with Gasteiger partial charge in [0, 0.05) is 18.4 Å². The van der Waals surface area contributed by atoms with Crippen LogP contribution in [-0.4, -0.2) is 30.3 Å². The second kappa shape index (κ2) is 7.82. The number of hydrogen-bond acceptors (Lipinski definition) is 5. The van der Waals surface area contributed by atoms with E-state index >= 15 is 0 Å². The van der Waals surface area contributed by atoms with Gasteiger partial charge in [0.1, 0.15) is 0 Å². The second-order valence-corrected chi connectivity index (χ2v) is 8.20. The van der Waals surface area contributed by atoms with Crippen LogP contribution in [-0.2, 0) is 10.0 Å². The van der Waals surface area contributed by atoms with Crippen molar-refractivity contribution in [3.05, 3.63) is 47.8 Å². The van der Waals surface area contributed by atoms with Gasteiger partial charge in [0.25, 0.3) is 15.9 Å². The van der Waals surface area contributed by atoms with Crippen molar-refractivity contribution in [3.63, 3.8) is 0 Å². The van der Waals surface area contributed by atoms with Gasteiger partial charge in [-0.25, -0.2) is 23.1 Å². The predicted octanol–water partition coefficient (Wildman–Crippen LogP) is 2.65. The van der Waals surface area contributed by atoms with Gasteiger partial charge in [0.05, 0.1) is 10.5 Å². The van der Waals surface area contributed by atoms with E-state index in [1.165, 1.54) is 30.9 Å². The molecular weight excluding hydrogens is 352 g/mol. The SMILES string of the molecule is Cc1ccc(S(=O)(=O)Nc2ncc(C(=O)NC3CCCCC3)cn2)cc1. The van der Waals surface area contributed by atoms with Crippen molar-refractivity contribution in [2.75, 3.05) is 4.72 Å². The number of nitrogens with one attached hydrogen (secondary N) is 2. The van der Waals surface area contributed by atoms with Crippen molar-refractivity contribution >= 4 is 21.9 Å². The van der Waals surface area contributed by atoms with Gasteiger partial charge < -0.3 is 5.32 Å². The molecule has 7 nitrogen and oxygen atoms in total. The molecule has 1 heterocycles. The Morgan fingerprint density at radius 3 is 2.27 bits per heavy atom. The average Bonchev–Trinajstić information content (AvgIpc) is 2.63. The maximum absolute atomic E-state index is 12.3. The molecule has 8 heteroatoms. The lowest BCUT2D eigenvalue weighted by Crippen LogP contribution is -2.36. The summed E-state index contributed by atoms with van der Waals surface area (Å²) in [5, 5.41) is 2.98. The Morgan fingerprint density at radius 2 is 1.65 bits per heavy atom. The molecule has 26 heavy (non-hydrogen) atoms. The van der Waals surface area contributed by atoms with Crippen molar-refractivity contribution in [1.82, 2.24) is 15.3 Å². The Hall–Kier alpha value is -2.48. The highest BCUT2D eigenvalue weighted by Crippen LogP contribution is 2.18. The number of nitrogens with zero attached hydrogens (tertiary/aromatic N) is 2. The van der Waals surface area contributed by atoms with E-state index in [2.05, 4.69) is 20.0 Å². The highest BCUT2D eigenvalue weighted by Gasteiger charge is 2.18. The number of aromatic nitrogens is 2. The van der Waals surface area contributed by atoms with Gasteiger partial charge in [-0.15, -0.1) is 0 Å². The van der Waals surface area contributed by atoms with E-state index in [4.69, 9.17) is 0 Å². The topological polar surface area (TPSA) is 101 Å². The maximum Gasteiger partial charge on any atom is 0.264 e. The first-order valence-electron chi connectivity index (χ1n) is 8.66. The Bertz CT molecular complexity index is 858. The molecule has 0 atom stereocenters. The van der Waals surface area contributed by atoms with Crippen LogP contribution in [0.3, 0.4) is 0 Å². The first-order valence-corrected chi connectivity index (χ1v) is 10.1. The van der Waals surface area contributed by atoms with Gasteiger partial charge >= 0.3 is 0 Å². The molecule has 0 saturated heterocycles. The van der Waals surface area contributed by atoms with Crippen LogP contribution >= 0.6 is 0 Å². The minimum Gasteiger partial charge on any atom is -0.349 e. The summed E-state index contributed by atoms with van der Waals surface area (Å²) in [6.45, 7) is 1.88. The molecule has 0 bridgehead atoms. The van der Waals surface area contributed by atoms with Gasteiger partial charge in [0.15, 0.2) is 0 Å². The van der Waals surface area contributed by atoms with Crippen LogP contribution in [0.25, 0.3) is 0 Å². The number of anilines is 1. The van der Waals surface area contributed by atoms with Crippen LogP contribution in [0.2, 0.25) is 0 Å². The summed E-state index contributed by atoms with van der Waals surface area (Å²) >= 11 is 0. The molecule has 2 N–H and O–H groups in total. The number of amides is 1. The molecule has 1 fully saturated rings. The predicted molar refractivity (Wildman–Crippen MR) is 98.4 cm³/mol. The smallest absolute Gasteiger partial charge is 0.264 e. The van der Waals surface area contributed by atoms with E-state index in [1.807, 2.05) is 6.92 Å². The molecule has 0 unspecified atom stereocenters. The molecule has 1 aliphatic carbocycles. The van der Waals surface area contributed by atoms with E-state index in [1.54, 1.807) is 12.1 Å². The quantitative estimate of drug-likeness (QED) is 0.838. The molecule has 0 aliphatic heterocycles. The van der Waals surface area contributed by atoms with Gasteiger partial charge in [0.2, 0.25) is 5.95 Å². The normalized spacial score (nSPS) is 15.4. The summed E-state index contributed by atoms with van der Waals surface area (Å²) in [5.74, 6) is -0.301. The summed E-state index contributed by atoms with van der Waals surface area (Å²) in [5.41, 5.74) is 1.28. The summed E-state index contributed by atoms with van der Waals surface area (Å²) in [6.07, 6.45) is 8.10. The molecular formula is C18H22N4O3S. The third kappa shape index (κ3) is 4.57.